The molecule has 2 bridgehead atoms. The first-order valence-electron chi connectivity index (χ1n) is 7.82. The molecule has 2 heterocycles. The highest BCUT2D eigenvalue weighted by atomic mass is 35.5. The summed E-state index contributed by atoms with van der Waals surface area (Å²) in [4.78, 5) is 24.8. The van der Waals surface area contributed by atoms with Crippen molar-refractivity contribution in [3.05, 3.63) is 62.1 Å². The summed E-state index contributed by atoms with van der Waals surface area (Å²) in [7, 11) is 0. The van der Waals surface area contributed by atoms with E-state index >= 15 is 0 Å². The molecule has 2 atom stereocenters. The van der Waals surface area contributed by atoms with Crippen LogP contribution in [0, 0.1) is 10.1 Å². The third kappa shape index (κ3) is 2.55. The lowest BCUT2D eigenvalue weighted by Gasteiger charge is -2.50. The van der Waals surface area contributed by atoms with Crippen molar-refractivity contribution in [3.63, 3.8) is 0 Å². The zero-order valence-corrected chi connectivity index (χ0v) is 15.0. The average Bonchev–Trinajstić information content (AvgIpc) is 2.55. The Morgan fingerprint density at radius 3 is 2.77 bits per heavy atom. The standard InChI is InChI=1S/C17H13Cl2N3O4/c1-17-8-13(11-7-10(22(24)25)3-5-15(11)26-17)20-16(23)21(17)14-4-2-9(18)6-12(14)19/h2-7,13H,8H2,1H3,(H,20,23). The first-order chi connectivity index (χ1) is 12.3. The van der Waals surface area contributed by atoms with Gasteiger partial charge in [-0.1, -0.05) is 23.2 Å². The lowest BCUT2D eigenvalue weighted by molar-refractivity contribution is -0.385. The molecule has 1 saturated heterocycles. The van der Waals surface area contributed by atoms with Crippen molar-refractivity contribution in [3.8, 4) is 5.75 Å². The van der Waals surface area contributed by atoms with E-state index in [1.807, 2.05) is 0 Å². The van der Waals surface area contributed by atoms with E-state index in [0.717, 1.165) is 0 Å². The number of ether oxygens (including phenoxy) is 1. The Balaban J connectivity index is 1.79. The number of nitro benzene ring substituents is 1. The summed E-state index contributed by atoms with van der Waals surface area (Å²) in [5.41, 5.74) is 0.0216. The van der Waals surface area contributed by atoms with Gasteiger partial charge in [0.2, 0.25) is 0 Å². The SMILES string of the molecule is CC12CC(NC(=O)N1c1ccc(Cl)cc1Cl)c1cc([N+](=O)[O-])ccc1O2. The molecule has 0 spiro atoms. The predicted octanol–water partition coefficient (Wildman–Crippen LogP) is 4.67. The highest BCUT2D eigenvalue weighted by Crippen LogP contribution is 2.47. The van der Waals surface area contributed by atoms with Crippen LogP contribution in [-0.4, -0.2) is 16.7 Å². The maximum Gasteiger partial charge on any atom is 0.325 e. The van der Waals surface area contributed by atoms with Crippen molar-refractivity contribution < 1.29 is 14.5 Å². The molecule has 4 rings (SSSR count). The average molecular weight is 394 g/mol. The van der Waals surface area contributed by atoms with Crippen LogP contribution < -0.4 is 15.0 Å². The summed E-state index contributed by atoms with van der Waals surface area (Å²) in [6.45, 7) is 1.79. The van der Waals surface area contributed by atoms with Crippen molar-refractivity contribution in [1.29, 1.82) is 0 Å². The van der Waals surface area contributed by atoms with Crippen LogP contribution in [0.3, 0.4) is 0 Å². The summed E-state index contributed by atoms with van der Waals surface area (Å²) in [5.74, 6) is 0.490. The molecule has 9 heteroatoms. The highest BCUT2D eigenvalue weighted by Gasteiger charge is 2.50. The lowest BCUT2D eigenvalue weighted by Crippen LogP contribution is -2.65. The molecule has 0 aromatic heterocycles. The lowest BCUT2D eigenvalue weighted by atomic mass is 9.90. The van der Waals surface area contributed by atoms with Crippen molar-refractivity contribution in [2.45, 2.75) is 25.1 Å². The third-order valence-corrected chi connectivity index (χ3v) is 5.15. The van der Waals surface area contributed by atoms with E-state index in [2.05, 4.69) is 5.32 Å². The molecule has 2 amide bonds. The van der Waals surface area contributed by atoms with E-state index in [9.17, 15) is 14.9 Å². The predicted molar refractivity (Wildman–Crippen MR) is 97.0 cm³/mol. The van der Waals surface area contributed by atoms with Gasteiger partial charge in [-0.05, 0) is 31.2 Å². The molecule has 2 aromatic rings. The minimum Gasteiger partial charge on any atom is -0.467 e. The van der Waals surface area contributed by atoms with Crippen molar-refractivity contribution in [1.82, 2.24) is 5.32 Å². The van der Waals surface area contributed by atoms with E-state index < -0.39 is 22.7 Å². The molecule has 2 aliphatic heterocycles. The van der Waals surface area contributed by atoms with Gasteiger partial charge in [-0.3, -0.25) is 15.0 Å². The molecule has 1 N–H and O–H groups in total. The Morgan fingerprint density at radius 2 is 2.08 bits per heavy atom. The number of amides is 2. The third-order valence-electron chi connectivity index (χ3n) is 4.62. The maximum absolute atomic E-state index is 12.8. The Morgan fingerprint density at radius 1 is 1.31 bits per heavy atom. The van der Waals surface area contributed by atoms with Gasteiger partial charge in [0.25, 0.3) is 5.69 Å². The summed E-state index contributed by atoms with van der Waals surface area (Å²) in [6, 6.07) is 8.44. The summed E-state index contributed by atoms with van der Waals surface area (Å²) in [5, 5.41) is 14.7. The van der Waals surface area contributed by atoms with Gasteiger partial charge in [0, 0.05) is 29.1 Å². The van der Waals surface area contributed by atoms with E-state index in [1.165, 1.54) is 17.0 Å². The summed E-state index contributed by atoms with van der Waals surface area (Å²) < 4.78 is 6.10. The van der Waals surface area contributed by atoms with Crippen LogP contribution in [0.1, 0.15) is 24.9 Å². The molecular formula is C17H13Cl2N3O4. The fourth-order valence-corrected chi connectivity index (χ4v) is 4.00. The number of nitro groups is 1. The number of halogens is 2. The maximum atomic E-state index is 12.8. The van der Waals surface area contributed by atoms with E-state index in [4.69, 9.17) is 27.9 Å². The van der Waals surface area contributed by atoms with Gasteiger partial charge in [-0.2, -0.15) is 0 Å². The van der Waals surface area contributed by atoms with Crippen LogP contribution >= 0.6 is 23.2 Å². The molecule has 0 aliphatic carbocycles. The number of carbonyl (C=O) groups excluding carboxylic acids is 1. The number of non-ortho nitro benzene ring substituents is 1. The van der Waals surface area contributed by atoms with Crippen molar-refractivity contribution in [2.24, 2.45) is 0 Å². The van der Waals surface area contributed by atoms with Crippen LogP contribution in [0.5, 0.6) is 5.75 Å². The largest absolute Gasteiger partial charge is 0.467 e. The van der Waals surface area contributed by atoms with E-state index in [-0.39, 0.29) is 5.69 Å². The fraction of sp³-hybridized carbons (Fsp3) is 0.235. The smallest absolute Gasteiger partial charge is 0.325 e. The van der Waals surface area contributed by atoms with E-state index in [1.54, 1.807) is 31.2 Å². The number of benzene rings is 2. The highest BCUT2D eigenvalue weighted by molar-refractivity contribution is 6.36. The second-order valence-electron chi connectivity index (χ2n) is 6.39. The van der Waals surface area contributed by atoms with Gasteiger partial charge in [0.05, 0.1) is 21.7 Å². The molecule has 0 saturated carbocycles. The first-order valence-corrected chi connectivity index (χ1v) is 8.57. The second-order valence-corrected chi connectivity index (χ2v) is 7.24. The Hall–Kier alpha value is -2.51. The van der Waals surface area contributed by atoms with Gasteiger partial charge in [-0.15, -0.1) is 0 Å². The minimum atomic E-state index is -0.992. The second kappa shape index (κ2) is 5.75. The summed E-state index contributed by atoms with van der Waals surface area (Å²) in [6.07, 6.45) is 0.409. The number of hydrogen-bond donors (Lipinski definition) is 1. The van der Waals surface area contributed by atoms with Crippen LogP contribution in [-0.2, 0) is 0 Å². The van der Waals surface area contributed by atoms with Crippen LogP contribution in [0.25, 0.3) is 0 Å². The fourth-order valence-electron chi connectivity index (χ4n) is 3.50. The van der Waals surface area contributed by atoms with Crippen molar-refractivity contribution >= 4 is 40.6 Å². The topological polar surface area (TPSA) is 84.7 Å². The number of rotatable bonds is 2. The van der Waals surface area contributed by atoms with Crippen molar-refractivity contribution in [2.75, 3.05) is 4.90 Å². The quantitative estimate of drug-likeness (QED) is 0.593. The molecule has 2 aliphatic rings. The molecule has 1 fully saturated rings. The minimum absolute atomic E-state index is 0.0478. The number of nitrogens with one attached hydrogen (secondary N) is 1. The number of urea groups is 1. The molecular weight excluding hydrogens is 381 g/mol. The number of hydrogen-bond acceptors (Lipinski definition) is 4. The zero-order valence-electron chi connectivity index (χ0n) is 13.5. The number of nitrogens with zero attached hydrogens (tertiary/aromatic N) is 2. The first kappa shape index (κ1) is 16.9. The molecule has 2 aromatic carbocycles. The molecule has 2 unspecified atom stereocenters. The molecule has 134 valence electrons. The Kier molecular flexibility index (Phi) is 3.75. The van der Waals surface area contributed by atoms with Crippen LogP contribution in [0.15, 0.2) is 36.4 Å². The van der Waals surface area contributed by atoms with Gasteiger partial charge in [-0.25, -0.2) is 4.79 Å². The molecule has 7 nitrogen and oxygen atoms in total. The zero-order chi connectivity index (χ0) is 18.6. The van der Waals surface area contributed by atoms with Gasteiger partial charge >= 0.3 is 6.03 Å². The van der Waals surface area contributed by atoms with E-state index in [0.29, 0.717) is 33.5 Å². The number of anilines is 1. The number of fused-ring (bicyclic) bond motifs is 4. The normalized spacial score (nSPS) is 23.7. The van der Waals surface area contributed by atoms with Crippen LogP contribution in [0.4, 0.5) is 16.2 Å². The molecule has 0 radical (unpaired) electrons. The monoisotopic (exact) mass is 393 g/mol. The summed E-state index contributed by atoms with van der Waals surface area (Å²) >= 11 is 12.2. The van der Waals surface area contributed by atoms with Gasteiger partial charge < -0.3 is 10.1 Å². The molecule has 26 heavy (non-hydrogen) atoms. The van der Waals surface area contributed by atoms with Gasteiger partial charge in [0.15, 0.2) is 5.72 Å². The van der Waals surface area contributed by atoms with Gasteiger partial charge in [0.1, 0.15) is 5.75 Å². The Bertz CT molecular complexity index is 952. The Labute approximate surface area is 158 Å². The van der Waals surface area contributed by atoms with Crippen LogP contribution in [0.2, 0.25) is 10.0 Å². The number of carbonyl (C=O) groups is 1.